The fourth-order valence-electron chi connectivity index (χ4n) is 3.02. The van der Waals surface area contributed by atoms with E-state index in [0.717, 1.165) is 23.3 Å². The fourth-order valence-corrected chi connectivity index (χ4v) is 3.02. The largest absolute Gasteiger partial charge is 0.353 e. The van der Waals surface area contributed by atoms with E-state index >= 15 is 0 Å². The van der Waals surface area contributed by atoms with Gasteiger partial charge in [0.05, 0.1) is 17.6 Å². The molecule has 0 radical (unpaired) electrons. The third-order valence-corrected chi connectivity index (χ3v) is 4.33. The Labute approximate surface area is 158 Å². The number of ketones is 1. The number of aromatic nitrogens is 2. The molecule has 5 nitrogen and oxygen atoms in total. The SMILES string of the molecule is C/C=C\C(=O)NCCCc1nc2ccccc2n1CC(=O)c1ccccc1. The van der Waals surface area contributed by atoms with E-state index in [2.05, 4.69) is 5.32 Å². The van der Waals surface area contributed by atoms with Gasteiger partial charge in [-0.1, -0.05) is 48.5 Å². The minimum absolute atomic E-state index is 0.0568. The standard InChI is InChI=1S/C22H23N3O2/c1-2-9-22(27)23-15-8-14-21-24-18-12-6-7-13-19(18)25(21)16-20(26)17-10-4-3-5-11-17/h2-7,9-13H,8,14-16H2,1H3,(H,23,27)/b9-2-. The zero-order valence-electron chi connectivity index (χ0n) is 15.4. The molecule has 0 bridgehead atoms. The highest BCUT2D eigenvalue weighted by molar-refractivity contribution is 5.96. The average molecular weight is 361 g/mol. The van der Waals surface area contributed by atoms with Gasteiger partial charge in [0.2, 0.25) is 5.91 Å². The first-order chi connectivity index (χ1) is 13.2. The van der Waals surface area contributed by atoms with Crippen molar-refractivity contribution in [2.75, 3.05) is 6.54 Å². The van der Waals surface area contributed by atoms with E-state index in [-0.39, 0.29) is 18.2 Å². The normalized spacial score (nSPS) is 11.1. The maximum absolute atomic E-state index is 12.7. The predicted molar refractivity (Wildman–Crippen MR) is 107 cm³/mol. The summed E-state index contributed by atoms with van der Waals surface area (Å²) in [4.78, 5) is 28.9. The number of nitrogens with one attached hydrogen (secondary N) is 1. The zero-order chi connectivity index (χ0) is 19.1. The smallest absolute Gasteiger partial charge is 0.243 e. The zero-order valence-corrected chi connectivity index (χ0v) is 15.4. The minimum atomic E-state index is -0.0924. The summed E-state index contributed by atoms with van der Waals surface area (Å²) >= 11 is 0. The second-order valence-electron chi connectivity index (χ2n) is 6.29. The molecule has 3 rings (SSSR count). The third-order valence-electron chi connectivity index (χ3n) is 4.33. The number of Topliss-reactive ketones (excluding diaryl/α,β-unsaturated/α-hetero) is 1. The first-order valence-electron chi connectivity index (χ1n) is 9.12. The molecule has 0 aliphatic rings. The number of carbonyl (C=O) groups is 2. The molecule has 1 amide bonds. The van der Waals surface area contributed by atoms with Gasteiger partial charge in [0.1, 0.15) is 5.82 Å². The molecule has 0 saturated heterocycles. The van der Waals surface area contributed by atoms with Gasteiger partial charge in [-0.25, -0.2) is 4.98 Å². The monoisotopic (exact) mass is 361 g/mol. The van der Waals surface area contributed by atoms with Crippen molar-refractivity contribution in [3.05, 3.63) is 78.1 Å². The number of aryl methyl sites for hydroxylation is 1. The Morgan fingerprint density at radius 2 is 1.81 bits per heavy atom. The van der Waals surface area contributed by atoms with Crippen LogP contribution in [0.25, 0.3) is 11.0 Å². The second-order valence-corrected chi connectivity index (χ2v) is 6.29. The van der Waals surface area contributed by atoms with E-state index in [9.17, 15) is 9.59 Å². The Balaban J connectivity index is 1.75. The van der Waals surface area contributed by atoms with Crippen LogP contribution >= 0.6 is 0 Å². The summed E-state index contributed by atoms with van der Waals surface area (Å²) in [6.45, 7) is 2.63. The van der Waals surface area contributed by atoms with E-state index in [1.165, 1.54) is 6.08 Å². The summed E-state index contributed by atoms with van der Waals surface area (Å²) in [5, 5.41) is 2.84. The Bertz CT molecular complexity index is 958. The van der Waals surface area contributed by atoms with E-state index in [0.29, 0.717) is 18.5 Å². The number of rotatable bonds is 8. The van der Waals surface area contributed by atoms with Crippen molar-refractivity contribution in [3.63, 3.8) is 0 Å². The van der Waals surface area contributed by atoms with Crippen LogP contribution in [-0.4, -0.2) is 27.8 Å². The molecule has 0 spiro atoms. The van der Waals surface area contributed by atoms with Gasteiger partial charge in [-0.05, 0) is 31.6 Å². The van der Waals surface area contributed by atoms with Gasteiger partial charge in [0.25, 0.3) is 0 Å². The Morgan fingerprint density at radius 3 is 2.59 bits per heavy atom. The van der Waals surface area contributed by atoms with Crippen molar-refractivity contribution in [1.82, 2.24) is 14.9 Å². The maximum atomic E-state index is 12.7. The molecule has 0 atom stereocenters. The maximum Gasteiger partial charge on any atom is 0.243 e. The molecule has 1 N–H and O–H groups in total. The highest BCUT2D eigenvalue weighted by atomic mass is 16.1. The molecular weight excluding hydrogens is 338 g/mol. The van der Waals surface area contributed by atoms with E-state index in [1.807, 2.05) is 66.1 Å². The molecule has 138 valence electrons. The van der Waals surface area contributed by atoms with Crippen LogP contribution in [0.3, 0.4) is 0 Å². The van der Waals surface area contributed by atoms with Crippen LogP contribution in [-0.2, 0) is 17.8 Å². The van der Waals surface area contributed by atoms with Crippen molar-refractivity contribution < 1.29 is 9.59 Å². The molecule has 5 heteroatoms. The van der Waals surface area contributed by atoms with Crippen LogP contribution in [0.5, 0.6) is 0 Å². The lowest BCUT2D eigenvalue weighted by molar-refractivity contribution is -0.116. The molecule has 3 aromatic rings. The molecular formula is C22H23N3O2. The molecule has 0 aliphatic heterocycles. The predicted octanol–water partition coefficient (Wildman–Crippen LogP) is 3.54. The summed E-state index contributed by atoms with van der Waals surface area (Å²) < 4.78 is 1.98. The summed E-state index contributed by atoms with van der Waals surface area (Å²) in [6.07, 6.45) is 4.66. The Morgan fingerprint density at radius 1 is 1.07 bits per heavy atom. The highest BCUT2D eigenvalue weighted by Gasteiger charge is 2.14. The summed E-state index contributed by atoms with van der Waals surface area (Å²) in [7, 11) is 0. The van der Waals surface area contributed by atoms with E-state index in [1.54, 1.807) is 6.08 Å². The van der Waals surface area contributed by atoms with Crippen molar-refractivity contribution >= 4 is 22.7 Å². The van der Waals surface area contributed by atoms with Gasteiger partial charge in [0.15, 0.2) is 5.78 Å². The quantitative estimate of drug-likeness (QED) is 0.379. The number of carbonyl (C=O) groups excluding carboxylic acids is 2. The first kappa shape index (κ1) is 18.6. The van der Waals surface area contributed by atoms with Gasteiger partial charge in [-0.2, -0.15) is 0 Å². The lowest BCUT2D eigenvalue weighted by atomic mass is 10.1. The molecule has 1 heterocycles. The molecule has 0 unspecified atom stereocenters. The number of benzene rings is 2. The van der Waals surface area contributed by atoms with Crippen LogP contribution in [0.1, 0.15) is 29.5 Å². The van der Waals surface area contributed by atoms with Crippen LogP contribution in [0, 0.1) is 0 Å². The minimum Gasteiger partial charge on any atom is -0.353 e. The van der Waals surface area contributed by atoms with Gasteiger partial charge < -0.3 is 9.88 Å². The number of imidazole rings is 1. The van der Waals surface area contributed by atoms with Crippen molar-refractivity contribution in [2.45, 2.75) is 26.3 Å². The topological polar surface area (TPSA) is 64.0 Å². The summed E-state index contributed by atoms with van der Waals surface area (Å²) in [5.74, 6) is 0.826. The number of allylic oxidation sites excluding steroid dienone is 1. The number of hydrogen-bond donors (Lipinski definition) is 1. The number of fused-ring (bicyclic) bond motifs is 1. The van der Waals surface area contributed by atoms with Crippen LogP contribution in [0.2, 0.25) is 0 Å². The molecule has 2 aromatic carbocycles. The van der Waals surface area contributed by atoms with Gasteiger partial charge in [-0.3, -0.25) is 9.59 Å². The molecule has 0 aliphatic carbocycles. The molecule has 27 heavy (non-hydrogen) atoms. The lowest BCUT2D eigenvalue weighted by Gasteiger charge is -2.09. The van der Waals surface area contributed by atoms with E-state index < -0.39 is 0 Å². The number of nitrogens with zero attached hydrogens (tertiary/aromatic N) is 2. The number of para-hydroxylation sites is 2. The average Bonchev–Trinajstić information content (AvgIpc) is 3.03. The Kier molecular flexibility index (Phi) is 6.15. The summed E-state index contributed by atoms with van der Waals surface area (Å²) in [6, 6.07) is 17.1. The Hall–Kier alpha value is -3.21. The van der Waals surface area contributed by atoms with Crippen molar-refractivity contribution in [3.8, 4) is 0 Å². The fraction of sp³-hybridized carbons (Fsp3) is 0.227. The highest BCUT2D eigenvalue weighted by Crippen LogP contribution is 2.18. The second kappa shape index (κ2) is 8.94. The van der Waals surface area contributed by atoms with Crippen LogP contribution < -0.4 is 5.32 Å². The molecule has 0 saturated carbocycles. The van der Waals surface area contributed by atoms with Gasteiger partial charge in [-0.15, -0.1) is 0 Å². The van der Waals surface area contributed by atoms with Crippen LogP contribution in [0.15, 0.2) is 66.7 Å². The van der Waals surface area contributed by atoms with Crippen LogP contribution in [0.4, 0.5) is 0 Å². The lowest BCUT2D eigenvalue weighted by Crippen LogP contribution is -2.23. The summed E-state index contributed by atoms with van der Waals surface area (Å²) in [5.41, 5.74) is 2.53. The van der Waals surface area contributed by atoms with Crippen molar-refractivity contribution in [2.24, 2.45) is 0 Å². The number of hydrogen-bond acceptors (Lipinski definition) is 3. The first-order valence-corrected chi connectivity index (χ1v) is 9.12. The van der Waals surface area contributed by atoms with E-state index in [4.69, 9.17) is 4.98 Å². The molecule has 0 fully saturated rings. The van der Waals surface area contributed by atoms with Crippen molar-refractivity contribution in [1.29, 1.82) is 0 Å². The van der Waals surface area contributed by atoms with Gasteiger partial charge >= 0.3 is 0 Å². The third kappa shape index (κ3) is 4.70. The number of amides is 1. The molecule has 1 aromatic heterocycles. The van der Waals surface area contributed by atoms with Gasteiger partial charge in [0, 0.05) is 18.5 Å².